The fourth-order valence-corrected chi connectivity index (χ4v) is 2.88. The molecule has 1 fully saturated rings. The summed E-state index contributed by atoms with van der Waals surface area (Å²) in [6.45, 7) is 5.15. The Morgan fingerprint density at radius 2 is 2.32 bits per heavy atom. The summed E-state index contributed by atoms with van der Waals surface area (Å²) in [5.41, 5.74) is 1.79. The molecule has 1 heterocycles. The summed E-state index contributed by atoms with van der Waals surface area (Å²) in [5.74, 6) is 0.0604. The standard InChI is InChI=1S/C14H19BrN2O2/c1-3-12-14(19)16-6-7-17(12)13-8-10(15)4-5-11(13)9(2)18/h4-5,8-9,12,18H,3,6-7H2,1-2H3,(H,16,19). The Balaban J connectivity index is 2.43. The van der Waals surface area contributed by atoms with Crippen LogP contribution >= 0.6 is 15.9 Å². The summed E-state index contributed by atoms with van der Waals surface area (Å²) in [7, 11) is 0. The average Bonchev–Trinajstić information content (AvgIpc) is 2.37. The molecule has 2 atom stereocenters. The predicted molar refractivity (Wildman–Crippen MR) is 79.2 cm³/mol. The van der Waals surface area contributed by atoms with E-state index in [9.17, 15) is 9.90 Å². The summed E-state index contributed by atoms with van der Waals surface area (Å²) in [6.07, 6.45) is 0.197. The molecule has 1 aromatic carbocycles. The molecule has 1 aliphatic rings. The van der Waals surface area contributed by atoms with Gasteiger partial charge in [-0.2, -0.15) is 0 Å². The maximum absolute atomic E-state index is 11.9. The van der Waals surface area contributed by atoms with E-state index in [4.69, 9.17) is 0 Å². The molecule has 1 aliphatic heterocycles. The molecule has 1 aromatic rings. The van der Waals surface area contributed by atoms with Crippen LogP contribution in [-0.2, 0) is 4.79 Å². The summed E-state index contributed by atoms with van der Waals surface area (Å²) >= 11 is 3.46. The molecule has 19 heavy (non-hydrogen) atoms. The third-order valence-electron chi connectivity index (χ3n) is 3.47. The second-order valence-electron chi connectivity index (χ2n) is 4.79. The van der Waals surface area contributed by atoms with Gasteiger partial charge in [0.1, 0.15) is 6.04 Å². The second-order valence-corrected chi connectivity index (χ2v) is 5.70. The van der Waals surface area contributed by atoms with Crippen molar-refractivity contribution in [2.75, 3.05) is 18.0 Å². The van der Waals surface area contributed by atoms with E-state index in [2.05, 4.69) is 26.1 Å². The molecule has 0 aliphatic carbocycles. The zero-order chi connectivity index (χ0) is 14.0. The van der Waals surface area contributed by atoms with Crippen molar-refractivity contribution in [2.24, 2.45) is 0 Å². The molecule has 2 rings (SSSR count). The van der Waals surface area contributed by atoms with Gasteiger partial charge in [-0.3, -0.25) is 4.79 Å². The summed E-state index contributed by atoms with van der Waals surface area (Å²) < 4.78 is 0.952. The molecule has 0 aromatic heterocycles. The lowest BCUT2D eigenvalue weighted by molar-refractivity contribution is -0.123. The highest BCUT2D eigenvalue weighted by Gasteiger charge is 2.30. The van der Waals surface area contributed by atoms with Crippen LogP contribution in [-0.4, -0.2) is 30.1 Å². The minimum atomic E-state index is -0.550. The Morgan fingerprint density at radius 1 is 1.58 bits per heavy atom. The monoisotopic (exact) mass is 326 g/mol. The molecule has 4 nitrogen and oxygen atoms in total. The zero-order valence-electron chi connectivity index (χ0n) is 11.2. The van der Waals surface area contributed by atoms with Gasteiger partial charge < -0.3 is 15.3 Å². The molecule has 1 amide bonds. The third-order valence-corrected chi connectivity index (χ3v) is 3.96. The van der Waals surface area contributed by atoms with Crippen LogP contribution in [0.2, 0.25) is 0 Å². The fraction of sp³-hybridized carbons (Fsp3) is 0.500. The Morgan fingerprint density at radius 3 is 2.95 bits per heavy atom. The highest BCUT2D eigenvalue weighted by Crippen LogP contribution is 2.32. The number of rotatable bonds is 3. The lowest BCUT2D eigenvalue weighted by atomic mass is 10.0. The maximum atomic E-state index is 11.9. The summed E-state index contributed by atoms with van der Waals surface area (Å²) in [6, 6.07) is 5.63. The van der Waals surface area contributed by atoms with E-state index >= 15 is 0 Å². The van der Waals surface area contributed by atoms with Gasteiger partial charge >= 0.3 is 0 Å². The van der Waals surface area contributed by atoms with Crippen LogP contribution < -0.4 is 10.2 Å². The van der Waals surface area contributed by atoms with Gasteiger partial charge in [0.2, 0.25) is 5.91 Å². The number of benzene rings is 1. The third kappa shape index (κ3) is 2.92. The van der Waals surface area contributed by atoms with Gasteiger partial charge in [0, 0.05) is 28.8 Å². The first kappa shape index (κ1) is 14.3. The Kier molecular flexibility index (Phi) is 4.47. The number of anilines is 1. The number of halogens is 1. The van der Waals surface area contributed by atoms with Gasteiger partial charge in [-0.25, -0.2) is 0 Å². The van der Waals surface area contributed by atoms with Crippen molar-refractivity contribution in [1.82, 2.24) is 5.32 Å². The van der Waals surface area contributed by atoms with Crippen molar-refractivity contribution < 1.29 is 9.90 Å². The van der Waals surface area contributed by atoms with E-state index in [0.717, 1.165) is 28.7 Å². The number of carbonyl (C=O) groups is 1. The number of aliphatic hydroxyl groups excluding tert-OH is 1. The Bertz CT molecular complexity index is 477. The van der Waals surface area contributed by atoms with Crippen LogP contribution in [0, 0.1) is 0 Å². The van der Waals surface area contributed by atoms with Crippen LogP contribution in [0.5, 0.6) is 0 Å². The number of piperazine rings is 1. The van der Waals surface area contributed by atoms with E-state index in [1.54, 1.807) is 6.92 Å². The predicted octanol–water partition coefficient (Wildman–Crippen LogP) is 2.22. The summed E-state index contributed by atoms with van der Waals surface area (Å²) in [4.78, 5) is 14.0. The SMILES string of the molecule is CCC1C(=O)NCCN1c1cc(Br)ccc1C(C)O. The molecule has 2 N–H and O–H groups in total. The van der Waals surface area contributed by atoms with Crippen LogP contribution in [0.15, 0.2) is 22.7 Å². The maximum Gasteiger partial charge on any atom is 0.242 e. The van der Waals surface area contributed by atoms with E-state index < -0.39 is 6.10 Å². The number of hydrogen-bond donors (Lipinski definition) is 2. The molecule has 5 heteroatoms. The van der Waals surface area contributed by atoms with Gasteiger partial charge in [0.15, 0.2) is 0 Å². The molecular formula is C14H19BrN2O2. The normalized spacial score (nSPS) is 21.2. The quantitative estimate of drug-likeness (QED) is 0.895. The molecule has 2 unspecified atom stereocenters. The summed E-state index contributed by atoms with van der Waals surface area (Å²) in [5, 5.41) is 12.8. The van der Waals surface area contributed by atoms with Crippen LogP contribution in [0.4, 0.5) is 5.69 Å². The topological polar surface area (TPSA) is 52.6 Å². The number of amides is 1. The van der Waals surface area contributed by atoms with E-state index in [0.29, 0.717) is 6.54 Å². The first-order valence-corrected chi connectivity index (χ1v) is 7.35. The van der Waals surface area contributed by atoms with Gasteiger partial charge in [-0.1, -0.05) is 28.9 Å². The first-order chi connectivity index (χ1) is 9.04. The van der Waals surface area contributed by atoms with Crippen molar-refractivity contribution >= 4 is 27.5 Å². The number of nitrogens with zero attached hydrogens (tertiary/aromatic N) is 1. The molecule has 0 radical (unpaired) electrons. The molecule has 104 valence electrons. The second kappa shape index (κ2) is 5.92. The van der Waals surface area contributed by atoms with Crippen molar-refractivity contribution in [1.29, 1.82) is 0 Å². The van der Waals surface area contributed by atoms with Crippen molar-refractivity contribution in [2.45, 2.75) is 32.4 Å². The van der Waals surface area contributed by atoms with Crippen molar-refractivity contribution in [3.63, 3.8) is 0 Å². The van der Waals surface area contributed by atoms with E-state index in [-0.39, 0.29) is 11.9 Å². The van der Waals surface area contributed by atoms with Crippen LogP contribution in [0.1, 0.15) is 31.9 Å². The smallest absolute Gasteiger partial charge is 0.242 e. The molecule has 1 saturated heterocycles. The minimum Gasteiger partial charge on any atom is -0.389 e. The molecule has 0 spiro atoms. The fourth-order valence-electron chi connectivity index (χ4n) is 2.53. The van der Waals surface area contributed by atoms with Gasteiger partial charge in [-0.15, -0.1) is 0 Å². The van der Waals surface area contributed by atoms with E-state index in [1.807, 2.05) is 25.1 Å². The van der Waals surface area contributed by atoms with Crippen molar-refractivity contribution in [3.8, 4) is 0 Å². The average molecular weight is 327 g/mol. The number of aliphatic hydroxyl groups is 1. The Hall–Kier alpha value is -1.07. The number of nitrogens with one attached hydrogen (secondary N) is 1. The van der Waals surface area contributed by atoms with E-state index in [1.165, 1.54) is 0 Å². The number of hydrogen-bond acceptors (Lipinski definition) is 3. The largest absolute Gasteiger partial charge is 0.389 e. The Labute approximate surface area is 121 Å². The lowest BCUT2D eigenvalue weighted by Gasteiger charge is -2.38. The van der Waals surface area contributed by atoms with Gasteiger partial charge in [0.05, 0.1) is 6.10 Å². The lowest BCUT2D eigenvalue weighted by Crippen LogP contribution is -2.55. The highest BCUT2D eigenvalue weighted by molar-refractivity contribution is 9.10. The highest BCUT2D eigenvalue weighted by atomic mass is 79.9. The van der Waals surface area contributed by atoms with Crippen LogP contribution in [0.25, 0.3) is 0 Å². The molecular weight excluding hydrogens is 308 g/mol. The van der Waals surface area contributed by atoms with Crippen molar-refractivity contribution in [3.05, 3.63) is 28.2 Å². The minimum absolute atomic E-state index is 0.0604. The van der Waals surface area contributed by atoms with Gasteiger partial charge in [-0.05, 0) is 25.5 Å². The van der Waals surface area contributed by atoms with Crippen LogP contribution in [0.3, 0.4) is 0 Å². The first-order valence-electron chi connectivity index (χ1n) is 6.56. The zero-order valence-corrected chi connectivity index (χ0v) is 12.8. The van der Waals surface area contributed by atoms with Gasteiger partial charge in [0.25, 0.3) is 0 Å². The number of carbonyl (C=O) groups excluding carboxylic acids is 1. The molecule has 0 bridgehead atoms. The molecule has 0 saturated carbocycles.